The summed E-state index contributed by atoms with van der Waals surface area (Å²) in [5.74, 6) is 0. The summed E-state index contributed by atoms with van der Waals surface area (Å²) in [5.41, 5.74) is 10.9. The SMILES string of the molecule is NCC(OCc1ccc(CCc2ccccc2)cc1)c1ccsc1. The molecule has 0 saturated heterocycles. The van der Waals surface area contributed by atoms with Gasteiger partial charge >= 0.3 is 0 Å². The number of aryl methyl sites for hydroxylation is 2. The highest BCUT2D eigenvalue weighted by molar-refractivity contribution is 7.07. The van der Waals surface area contributed by atoms with E-state index in [1.54, 1.807) is 11.3 Å². The molecule has 0 amide bonds. The number of ether oxygens (including phenoxy) is 1. The molecule has 0 aliphatic rings. The predicted molar refractivity (Wildman–Crippen MR) is 101 cm³/mol. The van der Waals surface area contributed by atoms with Gasteiger partial charge in [-0.2, -0.15) is 11.3 Å². The minimum absolute atomic E-state index is 0.0194. The van der Waals surface area contributed by atoms with E-state index in [4.69, 9.17) is 10.5 Å². The maximum atomic E-state index is 5.97. The standard InChI is InChI=1S/C21H23NOS/c22-14-21(20-12-13-24-16-20)23-15-19-10-8-18(9-11-19)7-6-17-4-2-1-3-5-17/h1-5,8-13,16,21H,6-7,14-15,22H2. The maximum Gasteiger partial charge on any atom is 0.0959 e. The quantitative estimate of drug-likeness (QED) is 0.644. The second-order valence-corrected chi connectivity index (χ2v) is 6.67. The largest absolute Gasteiger partial charge is 0.367 e. The van der Waals surface area contributed by atoms with Crippen molar-refractivity contribution in [3.8, 4) is 0 Å². The molecular weight excluding hydrogens is 314 g/mol. The molecule has 2 N–H and O–H groups in total. The monoisotopic (exact) mass is 337 g/mol. The highest BCUT2D eigenvalue weighted by atomic mass is 32.1. The van der Waals surface area contributed by atoms with Crippen LogP contribution in [0.15, 0.2) is 71.4 Å². The summed E-state index contributed by atoms with van der Waals surface area (Å²) in [4.78, 5) is 0. The van der Waals surface area contributed by atoms with E-state index < -0.39 is 0 Å². The number of thiophene rings is 1. The molecule has 0 spiro atoms. The van der Waals surface area contributed by atoms with Gasteiger partial charge in [-0.25, -0.2) is 0 Å². The molecule has 0 bridgehead atoms. The minimum Gasteiger partial charge on any atom is -0.367 e. The Morgan fingerprint density at radius 2 is 1.50 bits per heavy atom. The Bertz CT molecular complexity index is 707. The Hall–Kier alpha value is -1.94. The number of rotatable bonds is 8. The molecule has 0 aliphatic carbocycles. The summed E-state index contributed by atoms with van der Waals surface area (Å²) < 4.78 is 5.97. The summed E-state index contributed by atoms with van der Waals surface area (Å²) >= 11 is 1.67. The van der Waals surface area contributed by atoms with Gasteiger partial charge in [0.1, 0.15) is 0 Å². The molecule has 24 heavy (non-hydrogen) atoms. The molecule has 1 heterocycles. The molecule has 1 atom stereocenters. The lowest BCUT2D eigenvalue weighted by Gasteiger charge is -2.15. The predicted octanol–water partition coefficient (Wildman–Crippen LogP) is 4.75. The lowest BCUT2D eigenvalue weighted by Crippen LogP contribution is -2.15. The van der Waals surface area contributed by atoms with Crippen molar-refractivity contribution in [2.45, 2.75) is 25.6 Å². The summed E-state index contributed by atoms with van der Waals surface area (Å²) in [6.45, 7) is 1.10. The van der Waals surface area contributed by atoms with Crippen LogP contribution >= 0.6 is 11.3 Å². The van der Waals surface area contributed by atoms with E-state index in [1.165, 1.54) is 22.3 Å². The lowest BCUT2D eigenvalue weighted by atomic mass is 10.0. The zero-order valence-corrected chi connectivity index (χ0v) is 14.5. The highest BCUT2D eigenvalue weighted by Gasteiger charge is 2.10. The van der Waals surface area contributed by atoms with Gasteiger partial charge in [0, 0.05) is 6.54 Å². The van der Waals surface area contributed by atoms with Gasteiger partial charge in [0.2, 0.25) is 0 Å². The van der Waals surface area contributed by atoms with Crippen molar-refractivity contribution in [3.63, 3.8) is 0 Å². The van der Waals surface area contributed by atoms with Crippen molar-refractivity contribution in [1.82, 2.24) is 0 Å². The highest BCUT2D eigenvalue weighted by Crippen LogP contribution is 2.21. The maximum absolute atomic E-state index is 5.97. The number of benzene rings is 2. The van der Waals surface area contributed by atoms with Crippen LogP contribution in [0.2, 0.25) is 0 Å². The number of nitrogens with two attached hydrogens (primary N) is 1. The molecule has 2 aromatic carbocycles. The van der Waals surface area contributed by atoms with E-state index in [2.05, 4.69) is 71.4 Å². The molecule has 0 fully saturated rings. The molecule has 1 unspecified atom stereocenters. The zero-order chi connectivity index (χ0) is 16.6. The second-order valence-electron chi connectivity index (χ2n) is 5.89. The first-order chi connectivity index (χ1) is 11.8. The molecule has 0 saturated carbocycles. The normalized spacial score (nSPS) is 12.2. The van der Waals surface area contributed by atoms with Gasteiger partial charge in [-0.15, -0.1) is 0 Å². The molecular formula is C21H23NOS. The lowest BCUT2D eigenvalue weighted by molar-refractivity contribution is 0.0459. The Morgan fingerprint density at radius 3 is 2.12 bits per heavy atom. The molecule has 3 aromatic rings. The van der Waals surface area contributed by atoms with Gasteiger partial charge in [0.25, 0.3) is 0 Å². The number of hydrogen-bond acceptors (Lipinski definition) is 3. The van der Waals surface area contributed by atoms with E-state index in [0.29, 0.717) is 13.2 Å². The van der Waals surface area contributed by atoms with Crippen LogP contribution < -0.4 is 5.73 Å². The molecule has 3 heteroatoms. The van der Waals surface area contributed by atoms with E-state index in [9.17, 15) is 0 Å². The van der Waals surface area contributed by atoms with Crippen molar-refractivity contribution in [3.05, 3.63) is 93.7 Å². The van der Waals surface area contributed by atoms with Crippen molar-refractivity contribution in [2.75, 3.05) is 6.54 Å². The van der Waals surface area contributed by atoms with Crippen LogP contribution in [0.1, 0.15) is 28.4 Å². The van der Waals surface area contributed by atoms with Crippen molar-refractivity contribution in [2.24, 2.45) is 5.73 Å². The molecule has 0 aliphatic heterocycles. The van der Waals surface area contributed by atoms with E-state index >= 15 is 0 Å². The summed E-state index contributed by atoms with van der Waals surface area (Å²) in [6.07, 6.45) is 2.12. The fourth-order valence-electron chi connectivity index (χ4n) is 2.69. The van der Waals surface area contributed by atoms with Crippen LogP contribution in [0.3, 0.4) is 0 Å². The van der Waals surface area contributed by atoms with Crippen molar-refractivity contribution in [1.29, 1.82) is 0 Å². The summed E-state index contributed by atoms with van der Waals surface area (Å²) in [6, 6.07) is 21.4. The van der Waals surface area contributed by atoms with Gasteiger partial charge in [-0.3, -0.25) is 0 Å². The second kappa shape index (κ2) is 8.78. The average Bonchev–Trinajstić information content (AvgIpc) is 3.17. The smallest absolute Gasteiger partial charge is 0.0959 e. The topological polar surface area (TPSA) is 35.2 Å². The third-order valence-corrected chi connectivity index (χ3v) is 4.85. The molecule has 1 aromatic heterocycles. The Morgan fingerprint density at radius 1 is 0.833 bits per heavy atom. The number of hydrogen-bond donors (Lipinski definition) is 1. The third-order valence-electron chi connectivity index (χ3n) is 4.15. The van der Waals surface area contributed by atoms with Crippen LogP contribution in [-0.2, 0) is 24.2 Å². The fraction of sp³-hybridized carbons (Fsp3) is 0.238. The van der Waals surface area contributed by atoms with Crippen molar-refractivity contribution < 1.29 is 4.74 Å². The Kier molecular flexibility index (Phi) is 6.19. The first-order valence-corrected chi connectivity index (χ1v) is 9.25. The van der Waals surface area contributed by atoms with Crippen LogP contribution in [0.4, 0.5) is 0 Å². The average molecular weight is 337 g/mol. The van der Waals surface area contributed by atoms with E-state index in [1.807, 2.05) is 0 Å². The van der Waals surface area contributed by atoms with E-state index in [0.717, 1.165) is 12.8 Å². The van der Waals surface area contributed by atoms with Gasteiger partial charge in [0.15, 0.2) is 0 Å². The molecule has 2 nitrogen and oxygen atoms in total. The fourth-order valence-corrected chi connectivity index (χ4v) is 3.39. The first kappa shape index (κ1) is 16.9. The van der Waals surface area contributed by atoms with Gasteiger partial charge in [0.05, 0.1) is 12.7 Å². The van der Waals surface area contributed by atoms with Crippen LogP contribution in [0.5, 0.6) is 0 Å². The third kappa shape index (κ3) is 4.78. The summed E-state index contributed by atoms with van der Waals surface area (Å²) in [5, 5.41) is 4.16. The molecule has 3 rings (SSSR count). The minimum atomic E-state index is -0.0194. The van der Waals surface area contributed by atoms with Crippen LogP contribution in [0.25, 0.3) is 0 Å². The van der Waals surface area contributed by atoms with Gasteiger partial charge in [-0.1, -0.05) is 54.6 Å². The zero-order valence-electron chi connectivity index (χ0n) is 13.7. The Labute approximate surface area is 147 Å². The van der Waals surface area contributed by atoms with Crippen molar-refractivity contribution >= 4 is 11.3 Å². The van der Waals surface area contributed by atoms with Gasteiger partial charge < -0.3 is 10.5 Å². The first-order valence-electron chi connectivity index (χ1n) is 8.30. The summed E-state index contributed by atoms with van der Waals surface area (Å²) in [7, 11) is 0. The molecule has 124 valence electrons. The van der Waals surface area contributed by atoms with Crippen LogP contribution in [0, 0.1) is 0 Å². The van der Waals surface area contributed by atoms with Gasteiger partial charge in [-0.05, 0) is 51.9 Å². The molecule has 0 radical (unpaired) electrons. The van der Waals surface area contributed by atoms with Crippen LogP contribution in [-0.4, -0.2) is 6.54 Å². The van der Waals surface area contributed by atoms with E-state index in [-0.39, 0.29) is 6.10 Å². The Balaban J connectivity index is 1.51.